The summed E-state index contributed by atoms with van der Waals surface area (Å²) < 4.78 is 5.14. The average Bonchev–Trinajstić information content (AvgIpc) is 2.96. The predicted molar refractivity (Wildman–Crippen MR) is 80.3 cm³/mol. The van der Waals surface area contributed by atoms with Crippen LogP contribution in [0, 0.1) is 11.8 Å². The summed E-state index contributed by atoms with van der Waals surface area (Å²) in [6.45, 7) is 8.62. The van der Waals surface area contributed by atoms with Crippen molar-refractivity contribution < 1.29 is 9.53 Å². The van der Waals surface area contributed by atoms with Crippen LogP contribution < -0.4 is 0 Å². The summed E-state index contributed by atoms with van der Waals surface area (Å²) in [5.74, 6) is 0.370. The van der Waals surface area contributed by atoms with E-state index in [-0.39, 0.29) is 11.9 Å². The van der Waals surface area contributed by atoms with Crippen molar-refractivity contribution in [3.8, 4) is 0 Å². The minimum absolute atomic E-state index is 0.00271. The van der Waals surface area contributed by atoms with Crippen molar-refractivity contribution in [2.45, 2.75) is 33.2 Å². The van der Waals surface area contributed by atoms with Crippen molar-refractivity contribution in [3.05, 3.63) is 35.9 Å². The summed E-state index contributed by atoms with van der Waals surface area (Å²) in [6, 6.07) is 11.0. The first-order valence-corrected chi connectivity index (χ1v) is 7.59. The van der Waals surface area contributed by atoms with Crippen LogP contribution in [0.5, 0.6) is 0 Å². The molecule has 110 valence electrons. The van der Waals surface area contributed by atoms with E-state index in [1.54, 1.807) is 0 Å². The van der Waals surface area contributed by atoms with Crippen LogP contribution in [0.15, 0.2) is 30.3 Å². The Kier molecular flexibility index (Phi) is 5.18. The Bertz CT molecular complexity index is 432. The van der Waals surface area contributed by atoms with E-state index >= 15 is 0 Å². The van der Waals surface area contributed by atoms with Crippen molar-refractivity contribution >= 4 is 5.97 Å². The molecule has 1 aromatic carbocycles. The summed E-state index contributed by atoms with van der Waals surface area (Å²) in [6.07, 6.45) is 1.08. The molecule has 2 rings (SSSR count). The van der Waals surface area contributed by atoms with Gasteiger partial charge < -0.3 is 4.74 Å². The number of carbonyl (C=O) groups excluding carboxylic acids is 1. The van der Waals surface area contributed by atoms with Gasteiger partial charge >= 0.3 is 5.97 Å². The molecular weight excluding hydrogens is 250 g/mol. The summed E-state index contributed by atoms with van der Waals surface area (Å²) in [5, 5.41) is 0. The molecule has 1 aromatic rings. The highest BCUT2D eigenvalue weighted by atomic mass is 16.5. The zero-order valence-electron chi connectivity index (χ0n) is 12.7. The average molecular weight is 275 g/mol. The van der Waals surface area contributed by atoms with Gasteiger partial charge in [-0.1, -0.05) is 37.3 Å². The Morgan fingerprint density at radius 3 is 2.70 bits per heavy atom. The van der Waals surface area contributed by atoms with Gasteiger partial charge in [-0.2, -0.15) is 0 Å². The second-order valence-corrected chi connectivity index (χ2v) is 5.67. The highest BCUT2D eigenvalue weighted by Gasteiger charge is 2.33. The largest absolute Gasteiger partial charge is 0.466 e. The second-order valence-electron chi connectivity index (χ2n) is 5.67. The van der Waals surface area contributed by atoms with Crippen LogP contribution in [0.25, 0.3) is 0 Å². The molecule has 3 atom stereocenters. The van der Waals surface area contributed by atoms with Crippen LogP contribution in [0.4, 0.5) is 0 Å². The molecule has 0 aromatic heterocycles. The van der Waals surface area contributed by atoms with Crippen molar-refractivity contribution in [2.24, 2.45) is 11.8 Å². The monoisotopic (exact) mass is 275 g/mol. The molecule has 1 fully saturated rings. The number of benzene rings is 1. The van der Waals surface area contributed by atoms with Crippen LogP contribution in [0.2, 0.25) is 0 Å². The topological polar surface area (TPSA) is 29.5 Å². The quantitative estimate of drug-likeness (QED) is 0.772. The Morgan fingerprint density at radius 1 is 1.35 bits per heavy atom. The van der Waals surface area contributed by atoms with Crippen molar-refractivity contribution in [1.29, 1.82) is 0 Å². The van der Waals surface area contributed by atoms with Gasteiger partial charge in [0.25, 0.3) is 0 Å². The van der Waals surface area contributed by atoms with Gasteiger partial charge in [0, 0.05) is 12.6 Å². The molecule has 1 aliphatic rings. The molecule has 1 heterocycles. The fourth-order valence-electron chi connectivity index (χ4n) is 2.98. The van der Waals surface area contributed by atoms with Gasteiger partial charge in [0.15, 0.2) is 0 Å². The number of ether oxygens (including phenoxy) is 1. The molecule has 3 heteroatoms. The maximum absolute atomic E-state index is 11.8. The molecule has 0 aliphatic carbocycles. The first-order chi connectivity index (χ1) is 9.63. The Morgan fingerprint density at radius 2 is 2.05 bits per heavy atom. The number of hydrogen-bond donors (Lipinski definition) is 0. The zero-order valence-corrected chi connectivity index (χ0v) is 12.7. The number of rotatable bonds is 5. The fraction of sp³-hybridized carbons (Fsp3) is 0.588. The third kappa shape index (κ3) is 3.40. The van der Waals surface area contributed by atoms with Crippen LogP contribution in [0.1, 0.15) is 38.8 Å². The van der Waals surface area contributed by atoms with E-state index in [2.05, 4.69) is 36.1 Å². The lowest BCUT2D eigenvalue weighted by Crippen LogP contribution is -2.28. The van der Waals surface area contributed by atoms with Gasteiger partial charge in [0.2, 0.25) is 0 Å². The standard InChI is InChI=1S/C17H25NO2/c1-4-20-17(19)13(2)16-10-11-18(12-16)14(3)15-8-6-5-7-9-15/h5-9,13-14,16H,4,10-12H2,1-3H3/t13-,14+,16+/m1/s1. The van der Waals surface area contributed by atoms with Crippen LogP contribution in [-0.2, 0) is 9.53 Å². The first kappa shape index (κ1) is 15.0. The van der Waals surface area contributed by atoms with Crippen LogP contribution in [0.3, 0.4) is 0 Å². The van der Waals surface area contributed by atoms with Gasteiger partial charge in [-0.15, -0.1) is 0 Å². The molecule has 0 bridgehead atoms. The third-order valence-electron chi connectivity index (χ3n) is 4.45. The smallest absolute Gasteiger partial charge is 0.308 e. The molecule has 0 unspecified atom stereocenters. The van der Waals surface area contributed by atoms with Gasteiger partial charge in [0.1, 0.15) is 0 Å². The number of likely N-dealkylation sites (tertiary alicyclic amines) is 1. The molecule has 0 N–H and O–H groups in total. The lowest BCUT2D eigenvalue weighted by Gasteiger charge is -2.25. The summed E-state index contributed by atoms with van der Waals surface area (Å²) in [7, 11) is 0. The van der Waals surface area contributed by atoms with Gasteiger partial charge in [-0.3, -0.25) is 9.69 Å². The molecule has 3 nitrogen and oxygen atoms in total. The van der Waals surface area contributed by atoms with E-state index in [0.717, 1.165) is 19.5 Å². The van der Waals surface area contributed by atoms with E-state index < -0.39 is 0 Å². The number of nitrogens with zero attached hydrogens (tertiary/aromatic N) is 1. The van der Waals surface area contributed by atoms with E-state index in [0.29, 0.717) is 18.6 Å². The van der Waals surface area contributed by atoms with Crippen LogP contribution >= 0.6 is 0 Å². The van der Waals surface area contributed by atoms with Gasteiger partial charge in [-0.05, 0) is 38.3 Å². The molecule has 0 amide bonds. The molecule has 0 saturated carbocycles. The highest BCUT2D eigenvalue weighted by molar-refractivity contribution is 5.72. The van der Waals surface area contributed by atoms with Gasteiger partial charge in [-0.25, -0.2) is 0 Å². The predicted octanol–water partition coefficient (Wildman–Crippen LogP) is 3.27. The maximum atomic E-state index is 11.8. The molecule has 1 saturated heterocycles. The summed E-state index contributed by atoms with van der Waals surface area (Å²) in [5.41, 5.74) is 1.34. The van der Waals surface area contributed by atoms with E-state index in [9.17, 15) is 4.79 Å². The van der Waals surface area contributed by atoms with E-state index in [1.807, 2.05) is 19.9 Å². The molecule has 1 aliphatic heterocycles. The molecule has 0 spiro atoms. The molecule has 20 heavy (non-hydrogen) atoms. The summed E-state index contributed by atoms with van der Waals surface area (Å²) >= 11 is 0. The first-order valence-electron chi connectivity index (χ1n) is 7.59. The second kappa shape index (κ2) is 6.89. The molecular formula is C17H25NO2. The van der Waals surface area contributed by atoms with E-state index in [4.69, 9.17) is 4.74 Å². The fourth-order valence-corrected chi connectivity index (χ4v) is 2.98. The van der Waals surface area contributed by atoms with Crippen LogP contribution in [-0.4, -0.2) is 30.6 Å². The minimum atomic E-state index is -0.0493. The number of esters is 1. The van der Waals surface area contributed by atoms with E-state index in [1.165, 1.54) is 5.56 Å². The summed E-state index contributed by atoms with van der Waals surface area (Å²) in [4.78, 5) is 14.3. The third-order valence-corrected chi connectivity index (χ3v) is 4.45. The molecule has 0 radical (unpaired) electrons. The Hall–Kier alpha value is -1.35. The number of hydrogen-bond acceptors (Lipinski definition) is 3. The Labute approximate surface area is 121 Å². The SMILES string of the molecule is CCOC(=O)[C@H](C)[C@H]1CCN([C@@H](C)c2ccccc2)C1. The van der Waals surface area contributed by atoms with Gasteiger partial charge in [0.05, 0.1) is 12.5 Å². The maximum Gasteiger partial charge on any atom is 0.308 e. The lowest BCUT2D eigenvalue weighted by atomic mass is 9.93. The van der Waals surface area contributed by atoms with Crippen molar-refractivity contribution in [1.82, 2.24) is 4.90 Å². The highest BCUT2D eigenvalue weighted by Crippen LogP contribution is 2.31. The Balaban J connectivity index is 1.93. The zero-order chi connectivity index (χ0) is 14.5. The van der Waals surface area contributed by atoms with Crippen molar-refractivity contribution in [2.75, 3.05) is 19.7 Å². The normalized spacial score (nSPS) is 22.4. The number of carbonyl (C=O) groups is 1. The minimum Gasteiger partial charge on any atom is -0.466 e. The van der Waals surface area contributed by atoms with Crippen molar-refractivity contribution in [3.63, 3.8) is 0 Å². The lowest BCUT2D eigenvalue weighted by molar-refractivity contribution is -0.149.